The Hall–Kier alpha value is -5.80. The number of aromatic nitrogens is 1. The van der Waals surface area contributed by atoms with Crippen molar-refractivity contribution in [1.29, 1.82) is 0 Å². The molecule has 9 rings (SSSR count). The summed E-state index contributed by atoms with van der Waals surface area (Å²) in [6.07, 6.45) is 0. The van der Waals surface area contributed by atoms with Crippen LogP contribution in [-0.2, 0) is 0 Å². The van der Waals surface area contributed by atoms with Crippen molar-refractivity contribution in [2.24, 2.45) is 0 Å². The largest absolute Gasteiger partial charge is 0.454 e. The minimum absolute atomic E-state index is 0.876. The second kappa shape index (κ2) is 9.37. The molecule has 0 unspecified atom stereocenters. The summed E-state index contributed by atoms with van der Waals surface area (Å²) in [5.74, 6) is 0. The minimum atomic E-state index is 0.876. The van der Waals surface area contributed by atoms with E-state index in [-0.39, 0.29) is 0 Å². The van der Waals surface area contributed by atoms with Gasteiger partial charge in [-0.25, -0.2) is 0 Å². The Bertz CT molecular complexity index is 2430. The minimum Gasteiger partial charge on any atom is -0.454 e. The maximum absolute atomic E-state index is 6.42. The van der Waals surface area contributed by atoms with Crippen molar-refractivity contribution < 1.29 is 4.42 Å². The van der Waals surface area contributed by atoms with Gasteiger partial charge in [0.15, 0.2) is 5.58 Å². The highest BCUT2D eigenvalue weighted by Gasteiger charge is 2.16. The maximum Gasteiger partial charge on any atom is 0.159 e. The van der Waals surface area contributed by atoms with Crippen LogP contribution in [0.3, 0.4) is 0 Å². The Balaban J connectivity index is 1.11. The Morgan fingerprint density at radius 3 is 1.91 bits per heavy atom. The SMILES string of the molecule is c1cc(Nc2cc3ccccc3c3c2oc2ccccc23)cc(-c2ccc(-n3c4ccccc4c4ccccc43)cc2)c1. The van der Waals surface area contributed by atoms with E-state index in [9.17, 15) is 0 Å². The third-order valence-corrected chi connectivity index (χ3v) is 8.55. The summed E-state index contributed by atoms with van der Waals surface area (Å²) in [5, 5.41) is 10.9. The lowest BCUT2D eigenvalue weighted by atomic mass is 10.0. The highest BCUT2D eigenvalue weighted by molar-refractivity contribution is 6.22. The van der Waals surface area contributed by atoms with Crippen LogP contribution in [0.5, 0.6) is 0 Å². The molecule has 0 atom stereocenters. The molecule has 0 bridgehead atoms. The van der Waals surface area contributed by atoms with Crippen LogP contribution in [0.1, 0.15) is 0 Å². The average molecular weight is 551 g/mol. The Morgan fingerprint density at radius 1 is 0.488 bits per heavy atom. The van der Waals surface area contributed by atoms with Gasteiger partial charge in [0.1, 0.15) is 5.58 Å². The van der Waals surface area contributed by atoms with Crippen LogP contribution in [0.25, 0.3) is 71.3 Å². The topological polar surface area (TPSA) is 30.1 Å². The number of hydrogen-bond donors (Lipinski definition) is 1. The van der Waals surface area contributed by atoms with Crippen molar-refractivity contribution in [2.45, 2.75) is 0 Å². The van der Waals surface area contributed by atoms with Gasteiger partial charge in [0.05, 0.1) is 16.7 Å². The standard InChI is InChI=1S/C40H26N2O/c1-2-13-31-28(10-1)25-35(40-39(31)34-16-5-8-19-38(34)43-40)41-29-12-9-11-27(24-29)26-20-22-30(23-21-26)42-36-17-6-3-14-32(36)33-15-4-7-18-37(33)42/h1-25,41H. The summed E-state index contributed by atoms with van der Waals surface area (Å²) < 4.78 is 8.78. The Morgan fingerprint density at radius 2 is 1.14 bits per heavy atom. The van der Waals surface area contributed by atoms with Crippen molar-refractivity contribution in [3.8, 4) is 16.8 Å². The maximum atomic E-state index is 6.42. The fraction of sp³-hybridized carbons (Fsp3) is 0. The average Bonchev–Trinajstić information content (AvgIpc) is 3.62. The van der Waals surface area contributed by atoms with Gasteiger partial charge in [0.25, 0.3) is 0 Å². The van der Waals surface area contributed by atoms with Crippen molar-refractivity contribution in [1.82, 2.24) is 4.57 Å². The normalized spacial score (nSPS) is 11.7. The lowest BCUT2D eigenvalue weighted by Gasteiger charge is -2.12. The summed E-state index contributed by atoms with van der Waals surface area (Å²) in [4.78, 5) is 0. The highest BCUT2D eigenvalue weighted by Crippen LogP contribution is 2.40. The van der Waals surface area contributed by atoms with Crippen molar-refractivity contribution in [2.75, 3.05) is 5.32 Å². The molecule has 2 aromatic heterocycles. The first-order chi connectivity index (χ1) is 21.3. The zero-order chi connectivity index (χ0) is 28.3. The van der Waals surface area contributed by atoms with Crippen LogP contribution in [0.2, 0.25) is 0 Å². The van der Waals surface area contributed by atoms with E-state index < -0.39 is 0 Å². The number of anilines is 2. The number of fused-ring (bicyclic) bond motifs is 8. The van der Waals surface area contributed by atoms with E-state index in [1.165, 1.54) is 38.1 Å². The molecule has 0 saturated carbocycles. The molecule has 43 heavy (non-hydrogen) atoms. The predicted octanol–water partition coefficient (Wildman–Crippen LogP) is 11.2. The first kappa shape index (κ1) is 23.9. The molecule has 0 aliphatic rings. The molecule has 0 saturated heterocycles. The molecule has 202 valence electrons. The zero-order valence-corrected chi connectivity index (χ0v) is 23.3. The molecule has 0 spiro atoms. The van der Waals surface area contributed by atoms with Crippen LogP contribution in [0, 0.1) is 0 Å². The van der Waals surface area contributed by atoms with Crippen LogP contribution in [0.15, 0.2) is 156 Å². The molecular formula is C40H26N2O. The molecule has 9 aromatic rings. The van der Waals surface area contributed by atoms with Gasteiger partial charge in [0.2, 0.25) is 0 Å². The number of nitrogens with zero attached hydrogens (tertiary/aromatic N) is 1. The number of para-hydroxylation sites is 3. The third kappa shape index (κ3) is 3.75. The highest BCUT2D eigenvalue weighted by atomic mass is 16.3. The van der Waals surface area contributed by atoms with Crippen molar-refractivity contribution in [3.63, 3.8) is 0 Å². The van der Waals surface area contributed by atoms with Gasteiger partial charge >= 0.3 is 0 Å². The van der Waals surface area contributed by atoms with E-state index in [4.69, 9.17) is 4.42 Å². The second-order valence-corrected chi connectivity index (χ2v) is 11.1. The second-order valence-electron chi connectivity index (χ2n) is 11.1. The lowest BCUT2D eigenvalue weighted by molar-refractivity contribution is 0.670. The molecule has 0 aliphatic carbocycles. The van der Waals surface area contributed by atoms with Crippen LogP contribution < -0.4 is 5.32 Å². The first-order valence-electron chi connectivity index (χ1n) is 14.6. The zero-order valence-electron chi connectivity index (χ0n) is 23.3. The summed E-state index contributed by atoms with van der Waals surface area (Å²) in [6, 6.07) is 53.7. The lowest BCUT2D eigenvalue weighted by Crippen LogP contribution is -1.94. The number of rotatable bonds is 4. The molecule has 0 aliphatic heterocycles. The molecular weight excluding hydrogens is 524 g/mol. The number of nitrogens with one attached hydrogen (secondary N) is 1. The van der Waals surface area contributed by atoms with E-state index in [1.54, 1.807) is 0 Å². The van der Waals surface area contributed by atoms with Gasteiger partial charge in [-0.15, -0.1) is 0 Å². The van der Waals surface area contributed by atoms with Gasteiger partial charge in [-0.05, 0) is 70.4 Å². The monoisotopic (exact) mass is 550 g/mol. The van der Waals surface area contributed by atoms with E-state index >= 15 is 0 Å². The molecule has 1 N–H and O–H groups in total. The fourth-order valence-electron chi connectivity index (χ4n) is 6.60. The van der Waals surface area contributed by atoms with Gasteiger partial charge in [-0.2, -0.15) is 0 Å². The van der Waals surface area contributed by atoms with Crippen LogP contribution in [-0.4, -0.2) is 4.57 Å². The molecule has 3 heteroatoms. The summed E-state index contributed by atoms with van der Waals surface area (Å²) in [7, 11) is 0. The van der Waals surface area contributed by atoms with Crippen LogP contribution >= 0.6 is 0 Å². The first-order valence-corrected chi connectivity index (χ1v) is 14.6. The molecule has 0 amide bonds. The number of hydrogen-bond acceptors (Lipinski definition) is 2. The molecule has 2 heterocycles. The van der Waals surface area contributed by atoms with Gasteiger partial charge in [-0.1, -0.05) is 103 Å². The molecule has 0 fully saturated rings. The van der Waals surface area contributed by atoms with Crippen LogP contribution in [0.4, 0.5) is 11.4 Å². The van der Waals surface area contributed by atoms with E-state index in [0.29, 0.717) is 0 Å². The number of furan rings is 1. The molecule has 7 aromatic carbocycles. The van der Waals surface area contributed by atoms with Gasteiger partial charge in [0, 0.05) is 32.9 Å². The molecule has 0 radical (unpaired) electrons. The van der Waals surface area contributed by atoms with E-state index in [2.05, 4.69) is 149 Å². The summed E-state index contributed by atoms with van der Waals surface area (Å²) in [5.41, 5.74) is 9.66. The fourth-order valence-corrected chi connectivity index (χ4v) is 6.60. The quantitative estimate of drug-likeness (QED) is 0.236. The smallest absolute Gasteiger partial charge is 0.159 e. The van der Waals surface area contributed by atoms with E-state index in [1.807, 2.05) is 12.1 Å². The number of benzene rings is 7. The third-order valence-electron chi connectivity index (χ3n) is 8.55. The van der Waals surface area contributed by atoms with Crippen molar-refractivity contribution >= 4 is 65.9 Å². The Labute approximate surface area is 248 Å². The van der Waals surface area contributed by atoms with Gasteiger partial charge < -0.3 is 14.3 Å². The summed E-state index contributed by atoms with van der Waals surface area (Å²) in [6.45, 7) is 0. The molecule has 3 nitrogen and oxygen atoms in total. The van der Waals surface area contributed by atoms with E-state index in [0.717, 1.165) is 44.6 Å². The summed E-state index contributed by atoms with van der Waals surface area (Å²) >= 11 is 0. The van der Waals surface area contributed by atoms with Crippen molar-refractivity contribution in [3.05, 3.63) is 152 Å². The Kier molecular flexibility index (Phi) is 5.20. The van der Waals surface area contributed by atoms with Gasteiger partial charge in [-0.3, -0.25) is 0 Å². The predicted molar refractivity (Wildman–Crippen MR) is 181 cm³/mol.